The van der Waals surface area contributed by atoms with Crippen LogP contribution in [0, 0.1) is 0 Å². The standard InChI is InChI=1S/C34H41N3O7/c1-36(2)24-9-12-27-30(21-24)44-31-22-25(37(3)4)10-13-28(31)32(27)29-20-23(8-11-26(29)34(40)41)33(39)35-14-17-43-19-18-42-16-7-5-6-15-38/h8-13,20-22,38H,5-7,14-19H2,1-4H3,(H-,35,39,40,41)/p+1. The molecule has 0 saturated carbocycles. The van der Waals surface area contributed by atoms with Gasteiger partial charge in [-0.25, -0.2) is 9.37 Å². The maximum Gasteiger partial charge on any atom is 0.336 e. The monoisotopic (exact) mass is 604 g/mol. The van der Waals surface area contributed by atoms with Gasteiger partial charge >= 0.3 is 5.97 Å². The molecular weight excluding hydrogens is 562 g/mol. The van der Waals surface area contributed by atoms with E-state index >= 15 is 0 Å². The van der Waals surface area contributed by atoms with Gasteiger partial charge in [-0.1, -0.05) is 0 Å². The van der Waals surface area contributed by atoms with Crippen LogP contribution in [-0.2, 0) is 9.47 Å². The summed E-state index contributed by atoms with van der Waals surface area (Å²) in [6.45, 7) is 2.32. The topological polar surface area (TPSA) is 124 Å². The van der Waals surface area contributed by atoms with Crippen LogP contribution in [0.5, 0.6) is 0 Å². The summed E-state index contributed by atoms with van der Waals surface area (Å²) in [7, 11) is 7.78. The van der Waals surface area contributed by atoms with E-state index in [1.807, 2.05) is 74.1 Å². The Morgan fingerprint density at radius 1 is 0.886 bits per heavy atom. The number of fused-ring (bicyclic) bond motifs is 2. The largest absolute Gasteiger partial charge is 0.478 e. The molecule has 0 unspecified atom stereocenters. The van der Waals surface area contributed by atoms with E-state index < -0.39 is 5.97 Å². The van der Waals surface area contributed by atoms with Gasteiger partial charge in [0.05, 0.1) is 31.5 Å². The lowest BCUT2D eigenvalue weighted by Gasteiger charge is -2.19. The second kappa shape index (κ2) is 15.5. The Hall–Kier alpha value is -4.25. The summed E-state index contributed by atoms with van der Waals surface area (Å²) in [5.74, 6) is -0.814. The number of aromatic carboxylic acids is 1. The molecule has 2 aromatic carbocycles. The van der Waals surface area contributed by atoms with Crippen molar-refractivity contribution in [1.82, 2.24) is 9.89 Å². The number of unbranched alkanes of at least 4 members (excludes halogenated alkanes) is 2. The van der Waals surface area contributed by atoms with Gasteiger partial charge in [0.1, 0.15) is 25.4 Å². The Morgan fingerprint density at radius 2 is 1.66 bits per heavy atom. The predicted octanol–water partition coefficient (Wildman–Crippen LogP) is 3.93. The van der Waals surface area contributed by atoms with Crippen LogP contribution in [0.1, 0.15) is 40.0 Å². The number of anilines is 1. The zero-order valence-corrected chi connectivity index (χ0v) is 25.9. The number of nitrogens with zero attached hydrogens (tertiary/aromatic N) is 2. The summed E-state index contributed by atoms with van der Waals surface area (Å²) in [6.07, 6.45) is 2.61. The lowest BCUT2D eigenvalue weighted by Crippen LogP contribution is -2.27. The highest BCUT2D eigenvalue weighted by molar-refractivity contribution is 6.09. The van der Waals surface area contributed by atoms with Crippen molar-refractivity contribution in [2.24, 2.45) is 0 Å². The lowest BCUT2D eigenvalue weighted by molar-refractivity contribution is 0.0465. The number of hydrogen-bond donors (Lipinski definition) is 3. The Labute approximate surface area is 257 Å². The van der Waals surface area contributed by atoms with Gasteiger partial charge in [0.15, 0.2) is 0 Å². The molecule has 1 heterocycles. The predicted molar refractivity (Wildman–Crippen MR) is 172 cm³/mol. The molecule has 10 nitrogen and oxygen atoms in total. The van der Waals surface area contributed by atoms with Crippen LogP contribution in [-0.4, -0.2) is 89.9 Å². The minimum Gasteiger partial charge on any atom is -0.478 e. The van der Waals surface area contributed by atoms with Crippen LogP contribution in [0.4, 0.5) is 5.69 Å². The molecule has 0 atom stereocenters. The molecule has 10 heteroatoms. The number of carboxylic acid groups (broad SMARTS) is 1. The minimum atomic E-state index is -1.09. The Bertz CT molecular complexity index is 1640. The SMILES string of the molecule is CN(C)c1ccc2c(-c3cc(C(=O)NCCOCCOCCCCCO)ccc3C(=O)O)c3ccc(=[N+](C)C)cc-3oc2c1. The first-order chi connectivity index (χ1) is 21.2. The van der Waals surface area contributed by atoms with Crippen LogP contribution in [0.25, 0.3) is 33.4 Å². The molecule has 3 N–H and O–H groups in total. The van der Waals surface area contributed by atoms with Crippen molar-refractivity contribution in [2.75, 3.05) is 72.7 Å². The second-order valence-electron chi connectivity index (χ2n) is 11.0. The number of carboxylic acids is 1. The number of benzene rings is 3. The van der Waals surface area contributed by atoms with Crippen LogP contribution in [0.2, 0.25) is 0 Å². The Morgan fingerprint density at radius 3 is 2.36 bits per heavy atom. The molecule has 4 rings (SSSR count). The quantitative estimate of drug-likeness (QED) is 0.106. The van der Waals surface area contributed by atoms with Gasteiger partial charge in [0.25, 0.3) is 5.91 Å². The summed E-state index contributed by atoms with van der Waals surface area (Å²) >= 11 is 0. The van der Waals surface area contributed by atoms with Gasteiger partial charge < -0.3 is 34.3 Å². The van der Waals surface area contributed by atoms with Crippen molar-refractivity contribution in [3.8, 4) is 22.5 Å². The van der Waals surface area contributed by atoms with E-state index in [4.69, 9.17) is 19.0 Å². The first kappa shape index (κ1) is 32.7. The molecule has 0 bridgehead atoms. The molecule has 234 valence electrons. The van der Waals surface area contributed by atoms with Gasteiger partial charge in [-0.2, -0.15) is 0 Å². The van der Waals surface area contributed by atoms with E-state index in [9.17, 15) is 14.7 Å². The first-order valence-corrected chi connectivity index (χ1v) is 14.8. The van der Waals surface area contributed by atoms with E-state index in [0.717, 1.165) is 41.3 Å². The summed E-state index contributed by atoms with van der Waals surface area (Å²) in [4.78, 5) is 27.6. The van der Waals surface area contributed by atoms with Crippen molar-refractivity contribution >= 4 is 28.5 Å². The average Bonchev–Trinajstić information content (AvgIpc) is 3.01. The number of ether oxygens (including phenoxy) is 2. The van der Waals surface area contributed by atoms with Crippen LogP contribution in [0.3, 0.4) is 0 Å². The number of amides is 1. The normalized spacial score (nSPS) is 11.2. The number of nitrogens with one attached hydrogen (secondary N) is 1. The van der Waals surface area contributed by atoms with Gasteiger partial charge in [-0.15, -0.1) is 0 Å². The molecule has 0 fully saturated rings. The fourth-order valence-electron chi connectivity index (χ4n) is 4.95. The number of carbonyl (C=O) groups excluding carboxylic acids is 1. The highest BCUT2D eigenvalue weighted by atomic mass is 16.5. The summed E-state index contributed by atoms with van der Waals surface area (Å²) in [5.41, 5.74) is 3.82. The van der Waals surface area contributed by atoms with Crippen molar-refractivity contribution in [2.45, 2.75) is 19.3 Å². The van der Waals surface area contributed by atoms with Gasteiger partial charge in [0.2, 0.25) is 5.36 Å². The van der Waals surface area contributed by atoms with Crippen molar-refractivity contribution in [3.63, 3.8) is 0 Å². The molecule has 2 aromatic rings. The fraction of sp³-hybridized carbons (Fsp3) is 0.382. The first-order valence-electron chi connectivity index (χ1n) is 14.8. The third-order valence-corrected chi connectivity index (χ3v) is 7.35. The summed E-state index contributed by atoms with van der Waals surface area (Å²) in [6, 6.07) is 16.3. The zero-order valence-electron chi connectivity index (χ0n) is 25.9. The maximum atomic E-state index is 13.2. The lowest BCUT2D eigenvalue weighted by atomic mass is 9.89. The van der Waals surface area contributed by atoms with Crippen LogP contribution >= 0.6 is 0 Å². The molecular formula is C34H42N3O7+. The molecule has 44 heavy (non-hydrogen) atoms. The average molecular weight is 605 g/mol. The summed E-state index contributed by atoms with van der Waals surface area (Å²) < 4.78 is 19.4. The Kier molecular flexibility index (Phi) is 11.5. The molecule has 1 amide bonds. The molecule has 1 aliphatic heterocycles. The van der Waals surface area contributed by atoms with E-state index in [1.165, 1.54) is 12.1 Å². The summed E-state index contributed by atoms with van der Waals surface area (Å²) in [5, 5.41) is 23.5. The molecule has 0 aromatic heterocycles. The molecule has 0 radical (unpaired) electrons. The smallest absolute Gasteiger partial charge is 0.336 e. The highest BCUT2D eigenvalue weighted by Gasteiger charge is 2.23. The molecule has 0 spiro atoms. The number of carbonyl (C=O) groups is 2. The minimum absolute atomic E-state index is 0.0865. The van der Waals surface area contributed by atoms with Crippen molar-refractivity contribution in [1.29, 1.82) is 0 Å². The highest BCUT2D eigenvalue weighted by Crippen LogP contribution is 2.42. The van der Waals surface area contributed by atoms with Crippen molar-refractivity contribution < 1.29 is 33.7 Å². The van der Waals surface area contributed by atoms with E-state index in [1.54, 1.807) is 6.07 Å². The third kappa shape index (κ3) is 8.02. The van der Waals surface area contributed by atoms with Gasteiger partial charge in [0, 0.05) is 73.8 Å². The zero-order chi connectivity index (χ0) is 31.6. The van der Waals surface area contributed by atoms with E-state index in [-0.39, 0.29) is 18.1 Å². The second-order valence-corrected chi connectivity index (χ2v) is 11.0. The number of aliphatic hydroxyl groups is 1. The molecule has 0 saturated heterocycles. The fourth-order valence-corrected chi connectivity index (χ4v) is 4.95. The number of aliphatic hydroxyl groups excluding tert-OH is 1. The number of rotatable bonds is 15. The molecule has 2 aliphatic rings. The van der Waals surface area contributed by atoms with E-state index in [0.29, 0.717) is 61.0 Å². The van der Waals surface area contributed by atoms with Gasteiger partial charge in [-0.3, -0.25) is 4.79 Å². The third-order valence-electron chi connectivity index (χ3n) is 7.35. The van der Waals surface area contributed by atoms with Crippen molar-refractivity contribution in [3.05, 3.63) is 71.1 Å². The van der Waals surface area contributed by atoms with E-state index in [2.05, 4.69) is 5.32 Å². The van der Waals surface area contributed by atoms with Gasteiger partial charge in [-0.05, 0) is 61.2 Å². The van der Waals surface area contributed by atoms with Crippen LogP contribution < -0.4 is 20.1 Å². The Balaban J connectivity index is 1.61. The number of hydrogen-bond acceptors (Lipinski definition) is 7. The molecule has 1 aliphatic carbocycles. The van der Waals surface area contributed by atoms with Crippen LogP contribution in [0.15, 0.2) is 59.0 Å². The maximum absolute atomic E-state index is 13.2.